The predicted molar refractivity (Wildman–Crippen MR) is 80.0 cm³/mol. The summed E-state index contributed by atoms with van der Waals surface area (Å²) in [5.74, 6) is -0.0822. The molecule has 1 heterocycles. The van der Waals surface area contributed by atoms with Crippen molar-refractivity contribution in [3.8, 4) is 0 Å². The Balaban J connectivity index is 1.68. The molecule has 0 bridgehead atoms. The lowest BCUT2D eigenvalue weighted by Gasteiger charge is -2.08. The molecule has 0 saturated heterocycles. The van der Waals surface area contributed by atoms with Gasteiger partial charge >= 0.3 is 0 Å². The van der Waals surface area contributed by atoms with Crippen LogP contribution < -0.4 is 10.6 Å². The van der Waals surface area contributed by atoms with Crippen molar-refractivity contribution in [2.75, 3.05) is 10.6 Å². The number of carbonyl (C=O) groups excluding carboxylic acids is 2. The first-order chi connectivity index (χ1) is 10.2. The smallest absolute Gasteiger partial charge is 0.274 e. The van der Waals surface area contributed by atoms with Crippen molar-refractivity contribution in [3.63, 3.8) is 0 Å². The Kier molecular flexibility index (Phi) is 3.64. The molecule has 21 heavy (non-hydrogen) atoms. The summed E-state index contributed by atoms with van der Waals surface area (Å²) in [6, 6.07) is 12.3. The minimum atomic E-state index is -0.277. The lowest BCUT2D eigenvalue weighted by Crippen LogP contribution is -2.15. The summed E-state index contributed by atoms with van der Waals surface area (Å²) in [5.41, 5.74) is 1.66. The number of benzene rings is 1. The number of nitrogens with one attached hydrogen (secondary N) is 2. The molecule has 1 aliphatic rings. The normalized spacial score (nSPS) is 13.5. The zero-order chi connectivity index (χ0) is 14.7. The number of hydrogen-bond donors (Lipinski definition) is 2. The molecule has 0 radical (unpaired) electrons. The van der Waals surface area contributed by atoms with Crippen molar-refractivity contribution in [2.24, 2.45) is 5.92 Å². The van der Waals surface area contributed by atoms with Gasteiger partial charge in [-0.1, -0.05) is 12.1 Å². The maximum Gasteiger partial charge on any atom is 0.274 e. The highest BCUT2D eigenvalue weighted by Crippen LogP contribution is 2.30. The van der Waals surface area contributed by atoms with Crippen molar-refractivity contribution >= 4 is 23.2 Å². The van der Waals surface area contributed by atoms with Gasteiger partial charge in [0.15, 0.2) is 0 Å². The van der Waals surface area contributed by atoms with Gasteiger partial charge in [0, 0.05) is 23.5 Å². The molecule has 3 rings (SSSR count). The second-order valence-corrected chi connectivity index (χ2v) is 5.01. The van der Waals surface area contributed by atoms with E-state index >= 15 is 0 Å². The third kappa shape index (κ3) is 3.45. The summed E-state index contributed by atoms with van der Waals surface area (Å²) >= 11 is 0. The van der Waals surface area contributed by atoms with E-state index < -0.39 is 0 Å². The van der Waals surface area contributed by atoms with Crippen LogP contribution in [-0.4, -0.2) is 16.8 Å². The molecule has 1 aromatic carbocycles. The highest BCUT2D eigenvalue weighted by atomic mass is 16.2. The van der Waals surface area contributed by atoms with Crippen molar-refractivity contribution in [3.05, 3.63) is 54.4 Å². The van der Waals surface area contributed by atoms with E-state index in [1.807, 2.05) is 0 Å². The third-order valence-corrected chi connectivity index (χ3v) is 3.23. The number of rotatable bonds is 4. The van der Waals surface area contributed by atoms with Gasteiger partial charge in [0.1, 0.15) is 5.69 Å². The molecule has 106 valence electrons. The van der Waals surface area contributed by atoms with Gasteiger partial charge in [-0.05, 0) is 43.2 Å². The number of aromatic nitrogens is 1. The molecule has 2 amide bonds. The molecule has 2 aromatic rings. The Morgan fingerprint density at radius 2 is 1.76 bits per heavy atom. The molecular weight excluding hydrogens is 266 g/mol. The number of amides is 2. The number of hydrogen-bond acceptors (Lipinski definition) is 3. The monoisotopic (exact) mass is 281 g/mol. The largest absolute Gasteiger partial charge is 0.326 e. The Bertz CT molecular complexity index is 666. The first-order valence-electron chi connectivity index (χ1n) is 6.86. The minimum Gasteiger partial charge on any atom is -0.326 e. The predicted octanol–water partition coefficient (Wildman–Crippen LogP) is 2.68. The number of carbonyl (C=O) groups is 2. The molecule has 0 spiro atoms. The standard InChI is InChI=1S/C16H15N3O2/c20-15(11-7-8-11)18-12-4-3-5-13(10-12)19-16(21)14-6-1-2-9-17-14/h1-6,9-11H,7-8H2,(H,18,20)(H,19,21). The van der Waals surface area contributed by atoms with Crippen molar-refractivity contribution in [1.82, 2.24) is 4.98 Å². The molecule has 1 fully saturated rings. The van der Waals surface area contributed by atoms with E-state index in [-0.39, 0.29) is 17.7 Å². The van der Waals surface area contributed by atoms with Crippen LogP contribution in [0.25, 0.3) is 0 Å². The SMILES string of the molecule is O=C(Nc1cccc(NC(=O)C2CC2)c1)c1ccccn1. The zero-order valence-corrected chi connectivity index (χ0v) is 11.4. The van der Waals surface area contributed by atoms with Crippen LogP contribution >= 0.6 is 0 Å². The van der Waals surface area contributed by atoms with Crippen LogP contribution in [0.3, 0.4) is 0 Å². The van der Waals surface area contributed by atoms with Gasteiger partial charge in [-0.2, -0.15) is 0 Å². The highest BCUT2D eigenvalue weighted by Gasteiger charge is 2.29. The fourth-order valence-electron chi connectivity index (χ4n) is 1.96. The van der Waals surface area contributed by atoms with Crippen molar-refractivity contribution < 1.29 is 9.59 Å². The zero-order valence-electron chi connectivity index (χ0n) is 11.4. The van der Waals surface area contributed by atoms with E-state index in [2.05, 4.69) is 15.6 Å². The van der Waals surface area contributed by atoms with E-state index in [9.17, 15) is 9.59 Å². The van der Waals surface area contributed by atoms with Gasteiger partial charge in [0.25, 0.3) is 5.91 Å². The number of pyridine rings is 1. The number of anilines is 2. The first-order valence-corrected chi connectivity index (χ1v) is 6.86. The fourth-order valence-corrected chi connectivity index (χ4v) is 1.96. The van der Waals surface area contributed by atoms with Crippen LogP contribution in [0.1, 0.15) is 23.3 Å². The molecular formula is C16H15N3O2. The molecule has 5 heteroatoms. The van der Waals surface area contributed by atoms with E-state index in [0.29, 0.717) is 17.1 Å². The topological polar surface area (TPSA) is 71.1 Å². The molecule has 5 nitrogen and oxygen atoms in total. The first kappa shape index (κ1) is 13.3. The summed E-state index contributed by atoms with van der Waals surface area (Å²) < 4.78 is 0. The average Bonchev–Trinajstić information content (AvgIpc) is 3.33. The molecule has 1 saturated carbocycles. The quantitative estimate of drug-likeness (QED) is 0.905. The Hall–Kier alpha value is -2.69. The van der Waals surface area contributed by atoms with Gasteiger partial charge in [-0.3, -0.25) is 14.6 Å². The van der Waals surface area contributed by atoms with Gasteiger partial charge < -0.3 is 10.6 Å². The Morgan fingerprint density at radius 3 is 2.43 bits per heavy atom. The summed E-state index contributed by atoms with van der Waals surface area (Å²) in [4.78, 5) is 27.7. The second-order valence-electron chi connectivity index (χ2n) is 5.01. The summed E-state index contributed by atoms with van der Waals surface area (Å²) in [5, 5.41) is 5.62. The third-order valence-electron chi connectivity index (χ3n) is 3.23. The van der Waals surface area contributed by atoms with E-state index in [4.69, 9.17) is 0 Å². The van der Waals surface area contributed by atoms with Crippen LogP contribution in [0.5, 0.6) is 0 Å². The van der Waals surface area contributed by atoms with Crippen LogP contribution in [0, 0.1) is 5.92 Å². The maximum atomic E-state index is 12.0. The molecule has 1 aliphatic carbocycles. The van der Waals surface area contributed by atoms with Crippen LogP contribution in [-0.2, 0) is 4.79 Å². The Morgan fingerprint density at radius 1 is 1.00 bits per heavy atom. The van der Waals surface area contributed by atoms with Crippen LogP contribution in [0.4, 0.5) is 11.4 Å². The van der Waals surface area contributed by atoms with Gasteiger partial charge in [-0.25, -0.2) is 0 Å². The number of nitrogens with zero attached hydrogens (tertiary/aromatic N) is 1. The highest BCUT2D eigenvalue weighted by molar-refractivity contribution is 6.03. The molecule has 0 aliphatic heterocycles. The summed E-state index contributed by atoms with van der Waals surface area (Å²) in [7, 11) is 0. The van der Waals surface area contributed by atoms with Gasteiger partial charge in [0.05, 0.1) is 0 Å². The van der Waals surface area contributed by atoms with Crippen molar-refractivity contribution in [2.45, 2.75) is 12.8 Å². The van der Waals surface area contributed by atoms with E-state index in [1.54, 1.807) is 48.7 Å². The average molecular weight is 281 g/mol. The van der Waals surface area contributed by atoms with E-state index in [1.165, 1.54) is 0 Å². The molecule has 2 N–H and O–H groups in total. The van der Waals surface area contributed by atoms with Crippen LogP contribution in [0.15, 0.2) is 48.7 Å². The minimum absolute atomic E-state index is 0.0446. The molecule has 0 atom stereocenters. The fraction of sp³-hybridized carbons (Fsp3) is 0.188. The molecule has 0 unspecified atom stereocenters. The van der Waals surface area contributed by atoms with Crippen LogP contribution in [0.2, 0.25) is 0 Å². The maximum absolute atomic E-state index is 12.0. The second kappa shape index (κ2) is 5.75. The lowest BCUT2D eigenvalue weighted by atomic mass is 10.2. The Labute approximate surface area is 122 Å². The van der Waals surface area contributed by atoms with E-state index in [0.717, 1.165) is 12.8 Å². The van der Waals surface area contributed by atoms with Gasteiger partial charge in [-0.15, -0.1) is 0 Å². The summed E-state index contributed by atoms with van der Waals surface area (Å²) in [6.45, 7) is 0. The lowest BCUT2D eigenvalue weighted by molar-refractivity contribution is -0.117. The summed E-state index contributed by atoms with van der Waals surface area (Å²) in [6.07, 6.45) is 3.49. The van der Waals surface area contributed by atoms with Gasteiger partial charge in [0.2, 0.25) is 5.91 Å². The van der Waals surface area contributed by atoms with Crippen molar-refractivity contribution in [1.29, 1.82) is 0 Å². The molecule has 1 aromatic heterocycles.